The van der Waals surface area contributed by atoms with Gasteiger partial charge in [-0.3, -0.25) is 0 Å². The third-order valence-electron chi connectivity index (χ3n) is 2.03. The van der Waals surface area contributed by atoms with Crippen molar-refractivity contribution < 1.29 is 0 Å². The largest absolute Gasteiger partial charge is 0.204 e. The van der Waals surface area contributed by atoms with Crippen molar-refractivity contribution in [1.29, 1.82) is 5.53 Å². The zero-order valence-electron chi connectivity index (χ0n) is 8.54. The normalized spacial score (nSPS) is 10.5. The molecular formula is C12H10N4. The van der Waals surface area contributed by atoms with E-state index in [-0.39, 0.29) is 0 Å². The van der Waals surface area contributed by atoms with Gasteiger partial charge >= 0.3 is 0 Å². The van der Waals surface area contributed by atoms with Gasteiger partial charge in [0.1, 0.15) is 11.4 Å². The standard InChI is InChI=1S/C12H10N4/c13-14-11-8-4-5-9-12(11)16-15-10-6-2-1-3-7-10/h1-9,13H. The van der Waals surface area contributed by atoms with Gasteiger partial charge in [-0.25, -0.2) is 5.53 Å². The van der Waals surface area contributed by atoms with Gasteiger partial charge in [0.05, 0.1) is 5.69 Å². The summed E-state index contributed by atoms with van der Waals surface area (Å²) in [4.78, 5) is 0. The second-order valence-electron chi connectivity index (χ2n) is 3.14. The van der Waals surface area contributed by atoms with E-state index in [9.17, 15) is 0 Å². The fourth-order valence-electron chi connectivity index (χ4n) is 1.25. The highest BCUT2D eigenvalue weighted by molar-refractivity contribution is 5.60. The van der Waals surface area contributed by atoms with Crippen LogP contribution < -0.4 is 0 Å². The summed E-state index contributed by atoms with van der Waals surface area (Å²) >= 11 is 0. The SMILES string of the molecule is N=Nc1ccccc1N=Nc1ccccc1. The highest BCUT2D eigenvalue weighted by atomic mass is 15.1. The Hall–Kier alpha value is -2.36. The molecule has 0 spiro atoms. The molecule has 2 rings (SSSR count). The number of para-hydroxylation sites is 1. The second kappa shape index (κ2) is 4.93. The Morgan fingerprint density at radius 1 is 0.688 bits per heavy atom. The van der Waals surface area contributed by atoms with Crippen LogP contribution in [-0.4, -0.2) is 0 Å². The number of azo groups is 1. The van der Waals surface area contributed by atoms with E-state index in [4.69, 9.17) is 5.53 Å². The first-order valence-electron chi connectivity index (χ1n) is 4.83. The molecule has 0 saturated carbocycles. The zero-order valence-corrected chi connectivity index (χ0v) is 8.54. The van der Waals surface area contributed by atoms with Gasteiger partial charge in [-0.2, -0.15) is 10.2 Å². The fraction of sp³-hybridized carbons (Fsp3) is 0. The predicted octanol–water partition coefficient (Wildman–Crippen LogP) is 4.76. The van der Waals surface area contributed by atoms with E-state index in [2.05, 4.69) is 15.3 Å². The lowest BCUT2D eigenvalue weighted by molar-refractivity contribution is 1.13. The maximum Gasteiger partial charge on any atom is 0.113 e. The lowest BCUT2D eigenvalue weighted by atomic mass is 10.3. The van der Waals surface area contributed by atoms with Gasteiger partial charge < -0.3 is 0 Å². The van der Waals surface area contributed by atoms with Crippen molar-refractivity contribution >= 4 is 17.1 Å². The van der Waals surface area contributed by atoms with Crippen LogP contribution in [-0.2, 0) is 0 Å². The van der Waals surface area contributed by atoms with Crippen molar-refractivity contribution in [3.05, 3.63) is 54.6 Å². The number of nitrogens with zero attached hydrogens (tertiary/aromatic N) is 3. The molecule has 0 aliphatic heterocycles. The molecule has 2 aromatic carbocycles. The summed E-state index contributed by atoms with van der Waals surface area (Å²) < 4.78 is 0. The van der Waals surface area contributed by atoms with Gasteiger partial charge in [0, 0.05) is 0 Å². The molecule has 0 saturated heterocycles. The van der Waals surface area contributed by atoms with Crippen LogP contribution in [0.2, 0.25) is 0 Å². The molecule has 0 aliphatic rings. The molecule has 0 bridgehead atoms. The number of nitrogens with one attached hydrogen (secondary N) is 1. The monoisotopic (exact) mass is 210 g/mol. The van der Waals surface area contributed by atoms with Crippen molar-refractivity contribution in [2.75, 3.05) is 0 Å². The van der Waals surface area contributed by atoms with E-state index in [0.29, 0.717) is 11.4 Å². The third-order valence-corrected chi connectivity index (χ3v) is 2.03. The Kier molecular flexibility index (Phi) is 3.13. The van der Waals surface area contributed by atoms with Gasteiger partial charge in [0.25, 0.3) is 0 Å². The average molecular weight is 210 g/mol. The van der Waals surface area contributed by atoms with Crippen molar-refractivity contribution in [3.63, 3.8) is 0 Å². The number of hydrogen-bond acceptors (Lipinski definition) is 4. The third kappa shape index (κ3) is 2.36. The summed E-state index contributed by atoms with van der Waals surface area (Å²) in [6.07, 6.45) is 0. The molecule has 0 radical (unpaired) electrons. The van der Waals surface area contributed by atoms with Crippen LogP contribution in [0.25, 0.3) is 0 Å². The number of benzene rings is 2. The minimum Gasteiger partial charge on any atom is -0.204 e. The van der Waals surface area contributed by atoms with Gasteiger partial charge in [-0.1, -0.05) is 30.3 Å². The van der Waals surface area contributed by atoms with Gasteiger partial charge in [-0.05, 0) is 24.3 Å². The molecule has 0 fully saturated rings. The summed E-state index contributed by atoms with van der Waals surface area (Å²) in [6, 6.07) is 16.6. The van der Waals surface area contributed by atoms with Gasteiger partial charge in [-0.15, -0.1) is 5.11 Å². The van der Waals surface area contributed by atoms with Crippen molar-refractivity contribution in [3.8, 4) is 0 Å². The summed E-state index contributed by atoms with van der Waals surface area (Å²) in [5.74, 6) is 0. The average Bonchev–Trinajstić information content (AvgIpc) is 2.38. The van der Waals surface area contributed by atoms with Crippen LogP contribution in [0.3, 0.4) is 0 Å². The van der Waals surface area contributed by atoms with Crippen LogP contribution in [0.5, 0.6) is 0 Å². The van der Waals surface area contributed by atoms with E-state index in [1.807, 2.05) is 42.5 Å². The summed E-state index contributed by atoms with van der Waals surface area (Å²) in [5.41, 5.74) is 8.89. The summed E-state index contributed by atoms with van der Waals surface area (Å²) in [6.45, 7) is 0. The van der Waals surface area contributed by atoms with Crippen LogP contribution in [0.15, 0.2) is 69.9 Å². The molecule has 0 atom stereocenters. The molecule has 2 aromatic rings. The molecule has 0 amide bonds. The number of hydrogen-bond donors (Lipinski definition) is 1. The lowest BCUT2D eigenvalue weighted by Gasteiger charge is -1.95. The molecule has 4 heteroatoms. The first kappa shape index (κ1) is 10.2. The molecule has 1 N–H and O–H groups in total. The Bertz CT molecular complexity index is 505. The minimum absolute atomic E-state index is 0.516. The lowest BCUT2D eigenvalue weighted by Crippen LogP contribution is -1.66. The smallest absolute Gasteiger partial charge is 0.113 e. The van der Waals surface area contributed by atoms with Crippen molar-refractivity contribution in [2.24, 2.45) is 15.3 Å². The van der Waals surface area contributed by atoms with E-state index >= 15 is 0 Å². The summed E-state index contributed by atoms with van der Waals surface area (Å²) in [5, 5.41) is 11.5. The highest BCUT2D eigenvalue weighted by Gasteiger charge is 1.97. The van der Waals surface area contributed by atoms with Gasteiger partial charge in [0.15, 0.2) is 0 Å². The maximum absolute atomic E-state index is 6.99. The molecule has 78 valence electrons. The molecular weight excluding hydrogens is 200 g/mol. The highest BCUT2D eigenvalue weighted by Crippen LogP contribution is 2.28. The van der Waals surface area contributed by atoms with Crippen molar-refractivity contribution in [1.82, 2.24) is 0 Å². The van der Waals surface area contributed by atoms with Crippen LogP contribution in [0.1, 0.15) is 0 Å². The molecule has 4 nitrogen and oxygen atoms in total. The predicted molar refractivity (Wildman–Crippen MR) is 61.9 cm³/mol. The second-order valence-corrected chi connectivity index (χ2v) is 3.14. The van der Waals surface area contributed by atoms with E-state index in [0.717, 1.165) is 5.69 Å². The topological polar surface area (TPSA) is 60.9 Å². The minimum atomic E-state index is 0.516. The molecule has 0 heterocycles. The quantitative estimate of drug-likeness (QED) is 0.709. The molecule has 0 aromatic heterocycles. The molecule has 0 unspecified atom stereocenters. The Balaban J connectivity index is 2.27. The van der Waals surface area contributed by atoms with Crippen LogP contribution >= 0.6 is 0 Å². The van der Waals surface area contributed by atoms with Gasteiger partial charge in [0.2, 0.25) is 0 Å². The fourth-order valence-corrected chi connectivity index (χ4v) is 1.25. The zero-order chi connectivity index (χ0) is 11.2. The Morgan fingerprint density at radius 3 is 2.00 bits per heavy atom. The Labute approximate surface area is 93.2 Å². The maximum atomic E-state index is 6.99. The van der Waals surface area contributed by atoms with E-state index in [1.54, 1.807) is 12.1 Å². The summed E-state index contributed by atoms with van der Waals surface area (Å²) in [7, 11) is 0. The first-order valence-corrected chi connectivity index (χ1v) is 4.83. The first-order chi connectivity index (χ1) is 7.90. The Morgan fingerprint density at radius 2 is 1.31 bits per heavy atom. The molecule has 16 heavy (non-hydrogen) atoms. The molecule has 0 aliphatic carbocycles. The van der Waals surface area contributed by atoms with Crippen LogP contribution in [0, 0.1) is 5.53 Å². The van der Waals surface area contributed by atoms with Crippen LogP contribution in [0.4, 0.5) is 17.1 Å². The van der Waals surface area contributed by atoms with E-state index in [1.165, 1.54) is 0 Å². The van der Waals surface area contributed by atoms with E-state index < -0.39 is 0 Å². The number of rotatable bonds is 3. The van der Waals surface area contributed by atoms with Crippen molar-refractivity contribution in [2.45, 2.75) is 0 Å².